The molecule has 1 aromatic carbocycles. The Morgan fingerprint density at radius 2 is 2.09 bits per heavy atom. The van der Waals surface area contributed by atoms with E-state index in [1.165, 1.54) is 28.8 Å². The number of thiophene rings is 1. The van der Waals surface area contributed by atoms with Crippen molar-refractivity contribution in [1.29, 1.82) is 0 Å². The minimum atomic E-state index is -0.487. The van der Waals surface area contributed by atoms with Crippen LogP contribution in [0, 0.1) is 0 Å². The first-order chi connectivity index (χ1) is 10.8. The molecule has 22 heavy (non-hydrogen) atoms. The molecule has 0 bridgehead atoms. The van der Waals surface area contributed by atoms with Crippen molar-refractivity contribution in [3.63, 3.8) is 0 Å². The highest BCUT2D eigenvalue weighted by molar-refractivity contribution is 7.09. The molecule has 1 atom stereocenters. The van der Waals surface area contributed by atoms with Gasteiger partial charge in [0.1, 0.15) is 18.5 Å². The average Bonchev–Trinajstić information content (AvgIpc) is 3.06. The van der Waals surface area contributed by atoms with Gasteiger partial charge in [-0.3, -0.25) is 0 Å². The second-order valence-electron chi connectivity index (χ2n) is 5.78. The van der Waals surface area contributed by atoms with Crippen molar-refractivity contribution in [3.8, 4) is 5.75 Å². The zero-order chi connectivity index (χ0) is 15.2. The minimum Gasteiger partial charge on any atom is -0.491 e. The molecule has 0 aliphatic heterocycles. The van der Waals surface area contributed by atoms with Gasteiger partial charge in [-0.25, -0.2) is 0 Å². The Balaban J connectivity index is 1.46. The molecule has 1 heterocycles. The van der Waals surface area contributed by atoms with Crippen molar-refractivity contribution in [3.05, 3.63) is 51.7 Å². The van der Waals surface area contributed by atoms with Crippen molar-refractivity contribution < 1.29 is 9.84 Å². The summed E-state index contributed by atoms with van der Waals surface area (Å²) in [6.45, 7) is 1.69. The van der Waals surface area contributed by atoms with E-state index in [2.05, 4.69) is 28.9 Å². The van der Waals surface area contributed by atoms with E-state index in [4.69, 9.17) is 4.74 Å². The Kier molecular flexibility index (Phi) is 5.48. The summed E-state index contributed by atoms with van der Waals surface area (Å²) in [6.07, 6.45) is 4.26. The van der Waals surface area contributed by atoms with Crippen molar-refractivity contribution in [1.82, 2.24) is 5.32 Å². The molecule has 4 heteroatoms. The molecule has 0 amide bonds. The van der Waals surface area contributed by atoms with Crippen LogP contribution in [-0.4, -0.2) is 24.4 Å². The third-order valence-electron chi connectivity index (χ3n) is 4.04. The summed E-state index contributed by atoms with van der Waals surface area (Å²) in [6, 6.07) is 10.4. The van der Waals surface area contributed by atoms with Crippen molar-refractivity contribution >= 4 is 11.3 Å². The molecule has 0 fully saturated rings. The lowest BCUT2D eigenvalue weighted by molar-refractivity contribution is 0.105. The number of fused-ring (bicyclic) bond motifs is 1. The zero-order valence-corrected chi connectivity index (χ0v) is 13.6. The summed E-state index contributed by atoms with van der Waals surface area (Å²) in [5.41, 5.74) is 2.75. The highest BCUT2D eigenvalue weighted by Gasteiger charge is 2.14. The lowest BCUT2D eigenvalue weighted by atomic mass is 9.91. The van der Waals surface area contributed by atoms with Crippen LogP contribution in [0.15, 0.2) is 35.7 Å². The van der Waals surface area contributed by atoms with Crippen molar-refractivity contribution in [2.45, 2.75) is 38.3 Å². The van der Waals surface area contributed by atoms with Gasteiger partial charge in [0.2, 0.25) is 0 Å². The van der Waals surface area contributed by atoms with Gasteiger partial charge in [0.25, 0.3) is 0 Å². The van der Waals surface area contributed by atoms with E-state index in [1.807, 2.05) is 12.1 Å². The SMILES string of the molecule is OC(CNCc1cccs1)COc1cccc2c1CCCC2. The molecule has 118 valence electrons. The molecule has 0 spiro atoms. The van der Waals surface area contributed by atoms with Crippen LogP contribution in [0.4, 0.5) is 0 Å². The second-order valence-corrected chi connectivity index (χ2v) is 6.81. The quantitative estimate of drug-likeness (QED) is 0.824. The molecule has 0 saturated heterocycles. The zero-order valence-electron chi connectivity index (χ0n) is 12.8. The highest BCUT2D eigenvalue weighted by atomic mass is 32.1. The number of ether oxygens (including phenoxy) is 1. The molecular weight excluding hydrogens is 294 g/mol. The third kappa shape index (κ3) is 4.09. The molecule has 1 aliphatic rings. The minimum absolute atomic E-state index is 0.341. The molecule has 2 aromatic rings. The molecular formula is C18H23NO2S. The summed E-state index contributed by atoms with van der Waals surface area (Å²) >= 11 is 1.72. The van der Waals surface area contributed by atoms with Crippen molar-refractivity contribution in [2.24, 2.45) is 0 Å². The summed E-state index contributed by atoms with van der Waals surface area (Å²) in [4.78, 5) is 1.28. The van der Waals surface area contributed by atoms with Crippen molar-refractivity contribution in [2.75, 3.05) is 13.2 Å². The Morgan fingerprint density at radius 1 is 1.18 bits per heavy atom. The van der Waals surface area contributed by atoms with E-state index >= 15 is 0 Å². The number of aliphatic hydroxyl groups excluding tert-OH is 1. The van der Waals surface area contributed by atoms with Crippen LogP contribution in [0.2, 0.25) is 0 Å². The van der Waals surface area contributed by atoms with Crippen LogP contribution in [0.25, 0.3) is 0 Å². The summed E-state index contributed by atoms with van der Waals surface area (Å²) in [7, 11) is 0. The van der Waals surface area contributed by atoms with Gasteiger partial charge in [-0.15, -0.1) is 11.3 Å². The topological polar surface area (TPSA) is 41.5 Å². The average molecular weight is 317 g/mol. The number of nitrogens with one attached hydrogen (secondary N) is 1. The predicted octanol–water partition coefficient (Wildman–Crippen LogP) is 3.16. The first-order valence-electron chi connectivity index (χ1n) is 7.97. The van der Waals surface area contributed by atoms with Gasteiger partial charge < -0.3 is 15.2 Å². The molecule has 0 saturated carbocycles. The molecule has 1 aliphatic carbocycles. The Labute approximate surface area is 136 Å². The van der Waals surface area contributed by atoms with E-state index in [0.717, 1.165) is 25.1 Å². The van der Waals surface area contributed by atoms with E-state index in [0.29, 0.717) is 13.2 Å². The second kappa shape index (κ2) is 7.77. The smallest absolute Gasteiger partial charge is 0.122 e. The van der Waals surface area contributed by atoms with Gasteiger partial charge in [0.15, 0.2) is 0 Å². The molecule has 0 radical (unpaired) electrons. The highest BCUT2D eigenvalue weighted by Crippen LogP contribution is 2.29. The number of aliphatic hydroxyl groups is 1. The van der Waals surface area contributed by atoms with Crippen LogP contribution in [0.3, 0.4) is 0 Å². The fourth-order valence-electron chi connectivity index (χ4n) is 2.90. The standard InChI is InChI=1S/C18H23NO2S/c20-15(11-19-12-16-7-4-10-22-16)13-21-18-9-3-6-14-5-1-2-8-17(14)18/h3-4,6-7,9-10,15,19-20H,1-2,5,8,11-13H2. The lowest BCUT2D eigenvalue weighted by Gasteiger charge is -2.20. The number of hydrogen-bond acceptors (Lipinski definition) is 4. The van der Waals surface area contributed by atoms with Crippen LogP contribution < -0.4 is 10.1 Å². The molecule has 3 rings (SSSR count). The number of hydrogen-bond donors (Lipinski definition) is 2. The van der Waals surface area contributed by atoms with Gasteiger partial charge >= 0.3 is 0 Å². The fourth-order valence-corrected chi connectivity index (χ4v) is 3.58. The fraction of sp³-hybridized carbons (Fsp3) is 0.444. The summed E-state index contributed by atoms with van der Waals surface area (Å²) in [5.74, 6) is 0.953. The van der Waals surface area contributed by atoms with Gasteiger partial charge in [-0.2, -0.15) is 0 Å². The maximum atomic E-state index is 10.1. The van der Waals surface area contributed by atoms with Gasteiger partial charge in [0.05, 0.1) is 0 Å². The number of aryl methyl sites for hydroxylation is 1. The van der Waals surface area contributed by atoms with E-state index in [9.17, 15) is 5.11 Å². The first-order valence-corrected chi connectivity index (χ1v) is 8.85. The molecule has 2 N–H and O–H groups in total. The lowest BCUT2D eigenvalue weighted by Crippen LogP contribution is -2.31. The molecule has 3 nitrogen and oxygen atoms in total. The Hall–Kier alpha value is -1.36. The van der Waals surface area contributed by atoms with Crippen LogP contribution >= 0.6 is 11.3 Å². The van der Waals surface area contributed by atoms with Gasteiger partial charge in [-0.1, -0.05) is 18.2 Å². The predicted molar refractivity (Wildman–Crippen MR) is 90.6 cm³/mol. The van der Waals surface area contributed by atoms with E-state index < -0.39 is 6.10 Å². The van der Waals surface area contributed by atoms with Crippen LogP contribution in [-0.2, 0) is 19.4 Å². The Bertz CT molecular complexity index is 583. The van der Waals surface area contributed by atoms with Gasteiger partial charge in [0, 0.05) is 18.0 Å². The first kappa shape index (κ1) is 15.5. The van der Waals surface area contributed by atoms with Gasteiger partial charge in [-0.05, 0) is 54.3 Å². The monoisotopic (exact) mass is 317 g/mol. The normalized spacial score (nSPS) is 15.3. The maximum Gasteiger partial charge on any atom is 0.122 e. The number of rotatable bonds is 7. The van der Waals surface area contributed by atoms with E-state index in [-0.39, 0.29) is 0 Å². The maximum absolute atomic E-state index is 10.1. The summed E-state index contributed by atoms with van der Waals surface area (Å²) in [5, 5.41) is 15.4. The largest absolute Gasteiger partial charge is 0.491 e. The van der Waals surface area contributed by atoms with E-state index in [1.54, 1.807) is 11.3 Å². The van der Waals surface area contributed by atoms with Crippen LogP contribution in [0.1, 0.15) is 28.8 Å². The summed E-state index contributed by atoms with van der Waals surface area (Å²) < 4.78 is 5.87. The molecule has 1 aromatic heterocycles. The third-order valence-corrected chi connectivity index (χ3v) is 4.92. The van der Waals surface area contributed by atoms with Crippen LogP contribution in [0.5, 0.6) is 5.75 Å². The Morgan fingerprint density at radius 3 is 2.95 bits per heavy atom. The molecule has 1 unspecified atom stereocenters. The number of benzene rings is 1.